The van der Waals surface area contributed by atoms with Crippen LogP contribution < -0.4 is 19.7 Å². The Kier molecular flexibility index (Phi) is 8.16. The molecule has 2 aromatic carbocycles. The average molecular weight is 563 g/mol. The number of hydrogen-bond acceptors (Lipinski definition) is 6. The number of ether oxygens (including phenoxy) is 2. The fraction of sp³-hybridized carbons (Fsp3) is 0.531. The summed E-state index contributed by atoms with van der Waals surface area (Å²) >= 11 is 0. The number of nitrogens with one attached hydrogen (secondary N) is 1. The zero-order chi connectivity index (χ0) is 29.2. The summed E-state index contributed by atoms with van der Waals surface area (Å²) in [5.41, 5.74) is 1.25. The normalized spacial score (nSPS) is 18.6. The van der Waals surface area contributed by atoms with E-state index in [4.69, 9.17) is 9.47 Å². The van der Waals surface area contributed by atoms with Gasteiger partial charge in [-0.2, -0.15) is 0 Å². The van der Waals surface area contributed by atoms with E-state index in [1.54, 1.807) is 4.90 Å². The molecule has 0 radical (unpaired) electrons. The topological polar surface area (TPSA) is 91.4 Å². The third-order valence-corrected chi connectivity index (χ3v) is 8.27. The summed E-state index contributed by atoms with van der Waals surface area (Å²) in [6.45, 7) is 10.6. The summed E-state index contributed by atoms with van der Waals surface area (Å²) in [5, 5.41) is 2.94. The molecule has 0 aromatic heterocycles. The number of likely N-dealkylation sites (tertiary alicyclic amines) is 1. The maximum Gasteiger partial charge on any atom is 0.250 e. The molecule has 2 saturated heterocycles. The molecule has 1 unspecified atom stereocenters. The van der Waals surface area contributed by atoms with Gasteiger partial charge in [0.15, 0.2) is 11.5 Å². The first-order chi connectivity index (χ1) is 19.5. The Morgan fingerprint density at radius 1 is 1.02 bits per heavy atom. The Hall–Kier alpha value is -3.75. The van der Waals surface area contributed by atoms with Crippen LogP contribution in [0.3, 0.4) is 0 Å². The van der Waals surface area contributed by atoms with Crippen molar-refractivity contribution in [1.29, 1.82) is 0 Å². The van der Waals surface area contributed by atoms with Crippen LogP contribution in [0.5, 0.6) is 11.5 Å². The first-order valence-corrected chi connectivity index (χ1v) is 14.6. The highest BCUT2D eigenvalue weighted by Crippen LogP contribution is 2.40. The molecular formula is C32H42N4O5. The third kappa shape index (κ3) is 6.44. The number of carbonyl (C=O) groups excluding carboxylic acids is 3. The number of carbonyl (C=O) groups is 3. The van der Waals surface area contributed by atoms with Crippen LogP contribution >= 0.6 is 0 Å². The minimum atomic E-state index is -0.771. The Bertz CT molecular complexity index is 1270. The quantitative estimate of drug-likeness (QED) is 0.520. The molecule has 1 N–H and O–H groups in total. The van der Waals surface area contributed by atoms with Crippen molar-refractivity contribution < 1.29 is 23.9 Å². The van der Waals surface area contributed by atoms with Crippen LogP contribution in [-0.4, -0.2) is 66.2 Å². The molecule has 0 saturated carbocycles. The van der Waals surface area contributed by atoms with Gasteiger partial charge in [-0.05, 0) is 60.4 Å². The van der Waals surface area contributed by atoms with Gasteiger partial charge in [0.25, 0.3) is 5.91 Å². The van der Waals surface area contributed by atoms with Crippen LogP contribution in [0.1, 0.15) is 58.9 Å². The van der Waals surface area contributed by atoms with Crippen molar-refractivity contribution in [2.45, 2.75) is 65.5 Å². The number of fused-ring (bicyclic) bond motifs is 1. The second-order valence-electron chi connectivity index (χ2n) is 12.9. The third-order valence-electron chi connectivity index (χ3n) is 8.27. The molecule has 9 nitrogen and oxygen atoms in total. The van der Waals surface area contributed by atoms with Crippen LogP contribution in [0, 0.1) is 11.3 Å². The number of hydrogen-bond donors (Lipinski definition) is 1. The van der Waals surface area contributed by atoms with Crippen molar-refractivity contribution in [3.05, 3.63) is 54.1 Å². The van der Waals surface area contributed by atoms with E-state index < -0.39 is 5.54 Å². The Morgan fingerprint density at radius 2 is 1.73 bits per heavy atom. The molecule has 41 heavy (non-hydrogen) atoms. The Balaban J connectivity index is 1.23. The van der Waals surface area contributed by atoms with Gasteiger partial charge in [0.1, 0.15) is 12.1 Å². The second-order valence-corrected chi connectivity index (χ2v) is 12.9. The summed E-state index contributed by atoms with van der Waals surface area (Å²) in [4.78, 5) is 45.8. The zero-order valence-corrected chi connectivity index (χ0v) is 24.7. The number of amides is 3. The number of benzene rings is 2. The molecule has 5 rings (SSSR count). The van der Waals surface area contributed by atoms with Crippen LogP contribution in [0.2, 0.25) is 0 Å². The van der Waals surface area contributed by atoms with Crippen molar-refractivity contribution in [2.75, 3.05) is 38.0 Å². The standard InChI is InChI=1S/C32H42N4O5/c1-23(18-31(2,3)4)16-29(38)34-14-12-32(13-15-34)30(39)35(21-36(32)25-8-6-5-7-9-25)20-28(37)33-19-24-10-11-26-27(17-24)41-22-40-26/h5-11,17,23H,12-16,18-22H2,1-4H3,(H,33,37). The Labute approximate surface area is 242 Å². The van der Waals surface area contributed by atoms with Crippen molar-refractivity contribution in [2.24, 2.45) is 11.3 Å². The summed E-state index contributed by atoms with van der Waals surface area (Å²) in [7, 11) is 0. The van der Waals surface area contributed by atoms with Crippen molar-refractivity contribution in [1.82, 2.24) is 15.1 Å². The monoisotopic (exact) mass is 562 g/mol. The van der Waals surface area contributed by atoms with Crippen LogP contribution in [-0.2, 0) is 20.9 Å². The van der Waals surface area contributed by atoms with Gasteiger partial charge in [-0.1, -0.05) is 52.0 Å². The van der Waals surface area contributed by atoms with E-state index in [0.717, 1.165) is 17.7 Å². The molecule has 1 spiro atoms. The first kappa shape index (κ1) is 28.8. The zero-order valence-electron chi connectivity index (χ0n) is 24.7. The maximum atomic E-state index is 14.0. The van der Waals surface area contributed by atoms with Gasteiger partial charge in [0.2, 0.25) is 18.6 Å². The van der Waals surface area contributed by atoms with E-state index in [-0.39, 0.29) is 36.5 Å². The fourth-order valence-corrected chi connectivity index (χ4v) is 6.47. The van der Waals surface area contributed by atoms with Gasteiger partial charge in [-0.15, -0.1) is 0 Å². The largest absolute Gasteiger partial charge is 0.454 e. The molecular weight excluding hydrogens is 520 g/mol. The molecule has 1 atom stereocenters. The van der Waals surface area contributed by atoms with Gasteiger partial charge in [-0.25, -0.2) is 0 Å². The highest BCUT2D eigenvalue weighted by Gasteiger charge is 2.54. The predicted octanol–water partition coefficient (Wildman–Crippen LogP) is 4.16. The molecule has 3 heterocycles. The number of rotatable bonds is 8. The van der Waals surface area contributed by atoms with Crippen LogP contribution in [0.4, 0.5) is 5.69 Å². The number of piperidine rings is 1. The summed E-state index contributed by atoms with van der Waals surface area (Å²) in [5.74, 6) is 1.56. The number of para-hydroxylation sites is 1. The highest BCUT2D eigenvalue weighted by molar-refractivity contribution is 5.96. The second kappa shape index (κ2) is 11.6. The van der Waals surface area contributed by atoms with Gasteiger partial charge in [0.05, 0.1) is 6.67 Å². The molecule has 3 aliphatic rings. The maximum absolute atomic E-state index is 14.0. The Morgan fingerprint density at radius 3 is 2.44 bits per heavy atom. The molecule has 0 aliphatic carbocycles. The fourth-order valence-electron chi connectivity index (χ4n) is 6.47. The average Bonchev–Trinajstić information content (AvgIpc) is 3.50. The first-order valence-electron chi connectivity index (χ1n) is 14.6. The van der Waals surface area contributed by atoms with Crippen molar-refractivity contribution >= 4 is 23.4 Å². The predicted molar refractivity (Wildman–Crippen MR) is 156 cm³/mol. The molecule has 2 aromatic rings. The lowest BCUT2D eigenvalue weighted by Gasteiger charge is -2.43. The van der Waals surface area contributed by atoms with Gasteiger partial charge < -0.3 is 29.5 Å². The lowest BCUT2D eigenvalue weighted by Crippen LogP contribution is -2.57. The molecule has 2 fully saturated rings. The highest BCUT2D eigenvalue weighted by atomic mass is 16.7. The van der Waals surface area contributed by atoms with E-state index in [2.05, 4.69) is 37.9 Å². The molecule has 3 amide bonds. The van der Waals surface area contributed by atoms with Crippen LogP contribution in [0.15, 0.2) is 48.5 Å². The SMILES string of the molecule is CC(CC(=O)N1CCC2(CC1)C(=O)N(CC(=O)NCc1ccc3c(c1)OCO3)CN2c1ccccc1)CC(C)(C)C. The van der Waals surface area contributed by atoms with Crippen molar-refractivity contribution in [3.8, 4) is 11.5 Å². The summed E-state index contributed by atoms with van der Waals surface area (Å²) in [6, 6.07) is 15.5. The van der Waals surface area contributed by atoms with Gasteiger partial charge in [-0.3, -0.25) is 14.4 Å². The van der Waals surface area contributed by atoms with E-state index in [1.807, 2.05) is 53.4 Å². The molecule has 9 heteroatoms. The molecule has 0 bridgehead atoms. The summed E-state index contributed by atoms with van der Waals surface area (Å²) < 4.78 is 10.8. The lowest BCUT2D eigenvalue weighted by atomic mass is 9.83. The minimum absolute atomic E-state index is 0.0264. The molecule has 220 valence electrons. The van der Waals surface area contributed by atoms with E-state index >= 15 is 0 Å². The van der Waals surface area contributed by atoms with Crippen molar-refractivity contribution in [3.63, 3.8) is 0 Å². The number of anilines is 1. The van der Waals surface area contributed by atoms with E-state index in [1.165, 1.54) is 0 Å². The van der Waals surface area contributed by atoms with E-state index in [0.29, 0.717) is 63.0 Å². The smallest absolute Gasteiger partial charge is 0.250 e. The molecule has 3 aliphatic heterocycles. The lowest BCUT2D eigenvalue weighted by molar-refractivity contribution is -0.140. The van der Waals surface area contributed by atoms with Gasteiger partial charge >= 0.3 is 0 Å². The van der Waals surface area contributed by atoms with Crippen LogP contribution in [0.25, 0.3) is 0 Å². The van der Waals surface area contributed by atoms with Gasteiger partial charge in [0, 0.05) is 31.7 Å². The van der Waals surface area contributed by atoms with E-state index in [9.17, 15) is 14.4 Å². The number of nitrogens with zero attached hydrogens (tertiary/aromatic N) is 3. The minimum Gasteiger partial charge on any atom is -0.454 e. The summed E-state index contributed by atoms with van der Waals surface area (Å²) in [6.07, 6.45) is 2.59.